The van der Waals surface area contributed by atoms with Crippen LogP contribution in [0, 0.1) is 6.92 Å². The number of ether oxygens (including phenoxy) is 1. The van der Waals surface area contributed by atoms with Gasteiger partial charge in [0.1, 0.15) is 5.75 Å². The third-order valence-electron chi connectivity index (χ3n) is 3.11. The van der Waals surface area contributed by atoms with Gasteiger partial charge < -0.3 is 10.5 Å². The van der Waals surface area contributed by atoms with Crippen LogP contribution in [-0.4, -0.2) is 12.4 Å². The molecular weight excluding hydrogens is 266 g/mol. The minimum Gasteiger partial charge on any atom is -0.494 e. The Morgan fingerprint density at radius 1 is 1.15 bits per heavy atom. The van der Waals surface area contributed by atoms with Gasteiger partial charge in [-0.2, -0.15) is 0 Å². The van der Waals surface area contributed by atoms with Crippen molar-refractivity contribution in [3.63, 3.8) is 0 Å². The van der Waals surface area contributed by atoms with Crippen molar-refractivity contribution in [1.29, 1.82) is 0 Å². The van der Waals surface area contributed by atoms with E-state index in [0.717, 1.165) is 17.1 Å². The van der Waals surface area contributed by atoms with E-state index >= 15 is 0 Å². The molecule has 0 bridgehead atoms. The van der Waals surface area contributed by atoms with Crippen molar-refractivity contribution in [1.82, 2.24) is 0 Å². The summed E-state index contributed by atoms with van der Waals surface area (Å²) in [5.41, 5.74) is 8.70. The van der Waals surface area contributed by atoms with Crippen LogP contribution in [0.15, 0.2) is 53.4 Å². The van der Waals surface area contributed by atoms with E-state index < -0.39 is 0 Å². The molecule has 0 saturated heterocycles. The topological polar surface area (TPSA) is 35.2 Å². The lowest BCUT2D eigenvalue weighted by Gasteiger charge is -2.14. The molecular formula is C17H21NOS. The van der Waals surface area contributed by atoms with Crippen molar-refractivity contribution in [3.05, 3.63) is 59.7 Å². The first-order chi connectivity index (χ1) is 9.70. The van der Waals surface area contributed by atoms with E-state index in [1.165, 1.54) is 10.5 Å². The molecule has 0 spiro atoms. The second-order valence-corrected chi connectivity index (χ2v) is 5.75. The largest absolute Gasteiger partial charge is 0.494 e. The SMILES string of the molecule is CCOc1cccc(C(N)CSc2ccccc2C)c1. The third kappa shape index (κ3) is 4.02. The zero-order chi connectivity index (χ0) is 14.4. The summed E-state index contributed by atoms with van der Waals surface area (Å²) in [7, 11) is 0. The molecule has 2 rings (SSSR count). The number of benzene rings is 2. The molecule has 2 N–H and O–H groups in total. The maximum atomic E-state index is 6.28. The molecule has 1 atom stereocenters. The van der Waals surface area contributed by atoms with Gasteiger partial charge in [0, 0.05) is 16.7 Å². The molecule has 0 aliphatic heterocycles. The molecule has 0 saturated carbocycles. The second kappa shape index (κ2) is 7.36. The van der Waals surface area contributed by atoms with E-state index in [1.54, 1.807) is 11.8 Å². The quantitative estimate of drug-likeness (QED) is 0.809. The van der Waals surface area contributed by atoms with Crippen molar-refractivity contribution in [3.8, 4) is 5.75 Å². The zero-order valence-electron chi connectivity index (χ0n) is 12.0. The van der Waals surface area contributed by atoms with Crippen LogP contribution in [0.1, 0.15) is 24.1 Å². The normalized spacial score (nSPS) is 12.2. The highest BCUT2D eigenvalue weighted by Crippen LogP contribution is 2.27. The van der Waals surface area contributed by atoms with Crippen LogP contribution < -0.4 is 10.5 Å². The molecule has 106 valence electrons. The molecule has 2 aromatic carbocycles. The summed E-state index contributed by atoms with van der Waals surface area (Å²) >= 11 is 1.80. The summed E-state index contributed by atoms with van der Waals surface area (Å²) in [6.07, 6.45) is 0. The van der Waals surface area contributed by atoms with Crippen LogP contribution >= 0.6 is 11.8 Å². The van der Waals surface area contributed by atoms with Crippen molar-refractivity contribution >= 4 is 11.8 Å². The van der Waals surface area contributed by atoms with Gasteiger partial charge in [0.2, 0.25) is 0 Å². The summed E-state index contributed by atoms with van der Waals surface area (Å²) in [5.74, 6) is 1.75. The molecule has 20 heavy (non-hydrogen) atoms. The first-order valence-electron chi connectivity index (χ1n) is 6.87. The molecule has 0 heterocycles. The summed E-state index contributed by atoms with van der Waals surface area (Å²) in [6.45, 7) is 4.79. The van der Waals surface area contributed by atoms with Gasteiger partial charge in [-0.25, -0.2) is 0 Å². The predicted molar refractivity (Wildman–Crippen MR) is 86.4 cm³/mol. The Balaban J connectivity index is 1.99. The Labute approximate surface area is 125 Å². The standard InChI is InChI=1S/C17H21NOS/c1-3-19-15-9-6-8-14(11-15)16(18)12-20-17-10-5-4-7-13(17)2/h4-11,16H,3,12,18H2,1-2H3. The van der Waals surface area contributed by atoms with E-state index in [2.05, 4.69) is 37.3 Å². The molecule has 0 amide bonds. The first kappa shape index (κ1) is 14.9. The van der Waals surface area contributed by atoms with Gasteiger partial charge in [-0.3, -0.25) is 0 Å². The lowest BCUT2D eigenvalue weighted by molar-refractivity contribution is 0.339. The van der Waals surface area contributed by atoms with Crippen LogP contribution in [0.3, 0.4) is 0 Å². The Kier molecular flexibility index (Phi) is 5.50. The van der Waals surface area contributed by atoms with Crippen molar-refractivity contribution in [2.45, 2.75) is 24.8 Å². The summed E-state index contributed by atoms with van der Waals surface area (Å²) in [5, 5.41) is 0. The maximum Gasteiger partial charge on any atom is 0.119 e. The van der Waals surface area contributed by atoms with Gasteiger partial charge >= 0.3 is 0 Å². The van der Waals surface area contributed by atoms with E-state index in [9.17, 15) is 0 Å². The smallest absolute Gasteiger partial charge is 0.119 e. The third-order valence-corrected chi connectivity index (χ3v) is 4.40. The number of rotatable bonds is 6. The fourth-order valence-corrected chi connectivity index (χ4v) is 3.02. The molecule has 0 aromatic heterocycles. The van der Waals surface area contributed by atoms with Gasteiger partial charge in [-0.05, 0) is 43.2 Å². The fourth-order valence-electron chi connectivity index (χ4n) is 2.00. The zero-order valence-corrected chi connectivity index (χ0v) is 12.8. The van der Waals surface area contributed by atoms with E-state index in [0.29, 0.717) is 6.61 Å². The minimum absolute atomic E-state index is 0.0139. The molecule has 3 heteroatoms. The van der Waals surface area contributed by atoms with Crippen LogP contribution in [-0.2, 0) is 0 Å². The average molecular weight is 287 g/mol. The van der Waals surface area contributed by atoms with Crippen LogP contribution in [0.4, 0.5) is 0 Å². The van der Waals surface area contributed by atoms with Gasteiger partial charge in [-0.15, -0.1) is 11.8 Å². The highest BCUT2D eigenvalue weighted by atomic mass is 32.2. The molecule has 2 nitrogen and oxygen atoms in total. The van der Waals surface area contributed by atoms with Gasteiger partial charge in [0.25, 0.3) is 0 Å². The Hall–Kier alpha value is -1.45. The van der Waals surface area contributed by atoms with Crippen LogP contribution in [0.25, 0.3) is 0 Å². The predicted octanol–water partition coefficient (Wildman–Crippen LogP) is 4.19. The number of aryl methyl sites for hydroxylation is 1. The summed E-state index contributed by atoms with van der Waals surface area (Å²) < 4.78 is 5.52. The molecule has 2 aromatic rings. The van der Waals surface area contributed by atoms with E-state index in [4.69, 9.17) is 10.5 Å². The Bertz CT molecular complexity index is 556. The number of thioether (sulfide) groups is 1. The summed E-state index contributed by atoms with van der Waals surface area (Å²) in [4.78, 5) is 1.30. The van der Waals surface area contributed by atoms with E-state index in [-0.39, 0.29) is 6.04 Å². The van der Waals surface area contributed by atoms with E-state index in [1.807, 2.05) is 25.1 Å². The molecule has 0 aliphatic rings. The van der Waals surface area contributed by atoms with Crippen LogP contribution in [0.5, 0.6) is 5.75 Å². The molecule has 1 unspecified atom stereocenters. The van der Waals surface area contributed by atoms with Gasteiger partial charge in [0.15, 0.2) is 0 Å². The highest BCUT2D eigenvalue weighted by molar-refractivity contribution is 7.99. The molecule has 0 aliphatic carbocycles. The Morgan fingerprint density at radius 3 is 2.70 bits per heavy atom. The minimum atomic E-state index is 0.0139. The number of hydrogen-bond donors (Lipinski definition) is 1. The number of hydrogen-bond acceptors (Lipinski definition) is 3. The lowest BCUT2D eigenvalue weighted by Crippen LogP contribution is -2.13. The monoisotopic (exact) mass is 287 g/mol. The average Bonchev–Trinajstić information content (AvgIpc) is 2.47. The van der Waals surface area contributed by atoms with Gasteiger partial charge in [0.05, 0.1) is 6.61 Å². The van der Waals surface area contributed by atoms with Crippen molar-refractivity contribution in [2.24, 2.45) is 5.73 Å². The Morgan fingerprint density at radius 2 is 1.95 bits per heavy atom. The lowest BCUT2D eigenvalue weighted by atomic mass is 10.1. The summed E-state index contributed by atoms with van der Waals surface area (Å²) in [6, 6.07) is 16.5. The fraction of sp³-hybridized carbons (Fsp3) is 0.294. The first-order valence-corrected chi connectivity index (χ1v) is 7.86. The van der Waals surface area contributed by atoms with Gasteiger partial charge in [-0.1, -0.05) is 30.3 Å². The highest BCUT2D eigenvalue weighted by Gasteiger charge is 2.08. The second-order valence-electron chi connectivity index (χ2n) is 4.69. The number of nitrogens with two attached hydrogens (primary N) is 1. The molecule has 0 fully saturated rings. The van der Waals surface area contributed by atoms with Crippen molar-refractivity contribution < 1.29 is 4.74 Å². The maximum absolute atomic E-state index is 6.28. The molecule has 0 radical (unpaired) electrons. The van der Waals surface area contributed by atoms with Crippen molar-refractivity contribution in [2.75, 3.05) is 12.4 Å². The van der Waals surface area contributed by atoms with Crippen LogP contribution in [0.2, 0.25) is 0 Å².